The van der Waals surface area contributed by atoms with Gasteiger partial charge in [-0.2, -0.15) is 5.26 Å². The maximum absolute atomic E-state index is 12.0. The molecule has 0 aliphatic rings. The van der Waals surface area contributed by atoms with Gasteiger partial charge < -0.3 is 16.0 Å². The Morgan fingerprint density at radius 3 is 2.65 bits per heavy atom. The molecule has 0 fully saturated rings. The van der Waals surface area contributed by atoms with Crippen molar-refractivity contribution in [1.82, 2.24) is 4.90 Å². The van der Waals surface area contributed by atoms with Crippen molar-refractivity contribution in [2.75, 3.05) is 31.7 Å². The Hall–Kier alpha value is -1.74. The Kier molecular flexibility index (Phi) is 6.32. The molecular weight excluding hydrogens is 272 g/mol. The summed E-state index contributed by atoms with van der Waals surface area (Å²) in [5.41, 5.74) is 6.58. The van der Waals surface area contributed by atoms with Crippen molar-refractivity contribution < 1.29 is 4.79 Å². The molecule has 0 atom stereocenters. The van der Waals surface area contributed by atoms with Gasteiger partial charge in [0.05, 0.1) is 5.69 Å². The standard InChI is InChI=1S/C14H22N4OS/c1-4-5-6-7-8-17-13-10(9-15)11(16)12(20-13)14(19)18(2)3/h17H,4-8,16H2,1-3H3. The van der Waals surface area contributed by atoms with E-state index in [2.05, 4.69) is 18.3 Å². The highest BCUT2D eigenvalue weighted by Crippen LogP contribution is 2.35. The van der Waals surface area contributed by atoms with E-state index in [1.165, 1.54) is 29.1 Å². The lowest BCUT2D eigenvalue weighted by molar-refractivity contribution is 0.0833. The number of unbranched alkanes of at least 4 members (excludes halogenated alkanes) is 3. The molecule has 110 valence electrons. The van der Waals surface area contributed by atoms with Gasteiger partial charge in [0.15, 0.2) is 0 Å². The number of rotatable bonds is 7. The molecule has 5 nitrogen and oxygen atoms in total. The number of hydrogen-bond acceptors (Lipinski definition) is 5. The number of carbonyl (C=O) groups excluding carboxylic acids is 1. The molecule has 0 radical (unpaired) electrons. The SMILES string of the molecule is CCCCCCNc1sc(C(=O)N(C)C)c(N)c1C#N. The van der Waals surface area contributed by atoms with Crippen LogP contribution in [0, 0.1) is 11.3 Å². The van der Waals surface area contributed by atoms with Crippen LogP contribution in [0.1, 0.15) is 47.8 Å². The highest BCUT2D eigenvalue weighted by atomic mass is 32.1. The van der Waals surface area contributed by atoms with Gasteiger partial charge in [-0.1, -0.05) is 26.2 Å². The number of anilines is 2. The zero-order chi connectivity index (χ0) is 15.1. The average molecular weight is 294 g/mol. The van der Waals surface area contributed by atoms with Crippen molar-refractivity contribution >= 4 is 27.9 Å². The van der Waals surface area contributed by atoms with Crippen molar-refractivity contribution in [2.24, 2.45) is 0 Å². The third kappa shape index (κ3) is 3.87. The summed E-state index contributed by atoms with van der Waals surface area (Å²) in [6.07, 6.45) is 4.61. The number of nitrogens with two attached hydrogens (primary N) is 1. The first-order chi connectivity index (χ1) is 9.52. The summed E-state index contributed by atoms with van der Waals surface area (Å²) < 4.78 is 0. The molecule has 0 saturated carbocycles. The lowest BCUT2D eigenvalue weighted by Gasteiger charge is -2.08. The van der Waals surface area contributed by atoms with Crippen LogP contribution in [0.5, 0.6) is 0 Å². The molecule has 1 aromatic heterocycles. The minimum atomic E-state index is -0.164. The highest BCUT2D eigenvalue weighted by Gasteiger charge is 2.21. The second-order valence-corrected chi connectivity index (χ2v) is 5.87. The number of carbonyl (C=O) groups is 1. The number of amides is 1. The maximum atomic E-state index is 12.0. The van der Waals surface area contributed by atoms with Crippen LogP contribution in [0.4, 0.5) is 10.7 Å². The molecule has 1 amide bonds. The van der Waals surface area contributed by atoms with Crippen LogP contribution in [0.2, 0.25) is 0 Å². The lowest BCUT2D eigenvalue weighted by Crippen LogP contribution is -2.21. The molecule has 0 saturated heterocycles. The van der Waals surface area contributed by atoms with Gasteiger partial charge in [-0.05, 0) is 6.42 Å². The number of hydrogen-bond donors (Lipinski definition) is 2. The Labute approximate surface area is 124 Å². The first kappa shape index (κ1) is 16.3. The molecular formula is C14H22N4OS. The molecule has 0 aromatic carbocycles. The smallest absolute Gasteiger partial charge is 0.265 e. The minimum Gasteiger partial charge on any atom is -0.396 e. The predicted octanol–water partition coefficient (Wildman–Crippen LogP) is 2.90. The van der Waals surface area contributed by atoms with E-state index in [1.807, 2.05) is 0 Å². The fourth-order valence-corrected chi connectivity index (χ4v) is 2.91. The molecule has 0 aliphatic carbocycles. The Morgan fingerprint density at radius 2 is 2.10 bits per heavy atom. The van der Waals surface area contributed by atoms with Crippen molar-refractivity contribution in [3.05, 3.63) is 10.4 Å². The Bertz CT molecular complexity index is 502. The van der Waals surface area contributed by atoms with Crippen molar-refractivity contribution in [2.45, 2.75) is 32.6 Å². The number of nitriles is 1. The van der Waals surface area contributed by atoms with Crippen LogP contribution in [0.3, 0.4) is 0 Å². The highest BCUT2D eigenvalue weighted by molar-refractivity contribution is 7.18. The van der Waals surface area contributed by atoms with Crippen LogP contribution in [-0.4, -0.2) is 31.4 Å². The predicted molar refractivity (Wildman–Crippen MR) is 84.1 cm³/mol. The topological polar surface area (TPSA) is 82.2 Å². The second-order valence-electron chi connectivity index (χ2n) is 4.85. The third-order valence-corrected chi connectivity index (χ3v) is 4.12. The van der Waals surface area contributed by atoms with Gasteiger partial charge in [-0.15, -0.1) is 11.3 Å². The summed E-state index contributed by atoms with van der Waals surface area (Å²) in [6.45, 7) is 2.96. The van der Waals surface area contributed by atoms with Gasteiger partial charge in [-0.3, -0.25) is 4.79 Å². The van der Waals surface area contributed by atoms with Gasteiger partial charge in [0.2, 0.25) is 0 Å². The number of thiophene rings is 1. The van der Waals surface area contributed by atoms with E-state index in [0.29, 0.717) is 15.4 Å². The van der Waals surface area contributed by atoms with Gasteiger partial charge >= 0.3 is 0 Å². The Morgan fingerprint density at radius 1 is 1.40 bits per heavy atom. The first-order valence-corrected chi connectivity index (χ1v) is 7.62. The summed E-state index contributed by atoms with van der Waals surface area (Å²) in [4.78, 5) is 13.9. The van der Waals surface area contributed by atoms with Crippen LogP contribution in [0.15, 0.2) is 0 Å². The van der Waals surface area contributed by atoms with E-state index in [4.69, 9.17) is 5.73 Å². The first-order valence-electron chi connectivity index (χ1n) is 6.80. The van der Waals surface area contributed by atoms with E-state index in [0.717, 1.165) is 19.4 Å². The molecule has 20 heavy (non-hydrogen) atoms. The molecule has 0 aliphatic heterocycles. The van der Waals surface area contributed by atoms with Crippen LogP contribution < -0.4 is 11.1 Å². The fourth-order valence-electron chi connectivity index (χ4n) is 1.80. The molecule has 1 rings (SSSR count). The summed E-state index contributed by atoms with van der Waals surface area (Å²) in [5.74, 6) is -0.164. The van der Waals surface area contributed by atoms with Crippen LogP contribution in [0.25, 0.3) is 0 Å². The van der Waals surface area contributed by atoms with E-state index in [1.54, 1.807) is 14.1 Å². The molecule has 6 heteroatoms. The molecule has 0 unspecified atom stereocenters. The largest absolute Gasteiger partial charge is 0.396 e. The van der Waals surface area contributed by atoms with E-state index < -0.39 is 0 Å². The summed E-state index contributed by atoms with van der Waals surface area (Å²) in [5, 5.41) is 13.1. The lowest BCUT2D eigenvalue weighted by atomic mass is 10.2. The molecule has 1 aromatic rings. The second kappa shape index (κ2) is 7.75. The monoisotopic (exact) mass is 294 g/mol. The van der Waals surface area contributed by atoms with E-state index in [9.17, 15) is 10.1 Å². The number of nitrogens with zero attached hydrogens (tertiary/aromatic N) is 2. The minimum absolute atomic E-state index is 0.164. The maximum Gasteiger partial charge on any atom is 0.265 e. The zero-order valence-corrected chi connectivity index (χ0v) is 13.1. The Balaban J connectivity index is 2.79. The van der Waals surface area contributed by atoms with Gasteiger partial charge in [0.25, 0.3) is 5.91 Å². The van der Waals surface area contributed by atoms with E-state index >= 15 is 0 Å². The average Bonchev–Trinajstić information content (AvgIpc) is 2.73. The fraction of sp³-hybridized carbons (Fsp3) is 0.571. The zero-order valence-electron chi connectivity index (χ0n) is 12.3. The normalized spacial score (nSPS) is 10.1. The summed E-state index contributed by atoms with van der Waals surface area (Å²) in [7, 11) is 3.34. The van der Waals surface area contributed by atoms with E-state index in [-0.39, 0.29) is 11.6 Å². The van der Waals surface area contributed by atoms with Gasteiger partial charge in [-0.25, -0.2) is 0 Å². The molecule has 0 bridgehead atoms. The quantitative estimate of drug-likeness (QED) is 0.757. The van der Waals surface area contributed by atoms with Gasteiger partial charge in [0, 0.05) is 20.6 Å². The summed E-state index contributed by atoms with van der Waals surface area (Å²) in [6, 6.07) is 2.08. The van der Waals surface area contributed by atoms with Crippen LogP contribution in [-0.2, 0) is 0 Å². The molecule has 0 spiro atoms. The number of nitrogens with one attached hydrogen (secondary N) is 1. The van der Waals surface area contributed by atoms with Crippen molar-refractivity contribution in [3.8, 4) is 6.07 Å². The van der Waals surface area contributed by atoms with Crippen LogP contribution >= 0.6 is 11.3 Å². The van der Waals surface area contributed by atoms with Crippen molar-refractivity contribution in [1.29, 1.82) is 5.26 Å². The number of nitrogen functional groups attached to an aromatic ring is 1. The molecule has 3 N–H and O–H groups in total. The van der Waals surface area contributed by atoms with Gasteiger partial charge in [0.1, 0.15) is 21.5 Å². The van der Waals surface area contributed by atoms with Crippen molar-refractivity contribution in [3.63, 3.8) is 0 Å². The third-order valence-electron chi connectivity index (χ3n) is 2.97. The summed E-state index contributed by atoms with van der Waals surface area (Å²) >= 11 is 1.26. The molecule has 1 heterocycles.